The molecule has 96 valence electrons. The van der Waals surface area contributed by atoms with Crippen LogP contribution in [0.1, 0.15) is 32.6 Å². The van der Waals surface area contributed by atoms with Crippen LogP contribution in [0.4, 0.5) is 5.82 Å². The molecule has 0 aliphatic heterocycles. The van der Waals surface area contributed by atoms with E-state index in [-0.39, 0.29) is 5.69 Å². The number of nitrogens with one attached hydrogen (secondary N) is 2. The van der Waals surface area contributed by atoms with Gasteiger partial charge >= 0.3 is 5.69 Å². The standard InChI is InChI=1S/C12H17N5O/c1-12(4-2-3-5-12)7-13-9-6-10-15-16-11(18)17(10)8-14-9/h6,8,13H,2-5,7H2,1H3,(H,16,18). The Morgan fingerprint density at radius 2 is 2.28 bits per heavy atom. The molecule has 0 unspecified atom stereocenters. The average Bonchev–Trinajstić information content (AvgIpc) is 2.95. The summed E-state index contributed by atoms with van der Waals surface area (Å²) in [6, 6.07) is 1.79. The number of H-pyrrole nitrogens is 1. The van der Waals surface area contributed by atoms with E-state index in [1.807, 2.05) is 0 Å². The summed E-state index contributed by atoms with van der Waals surface area (Å²) >= 11 is 0. The highest BCUT2D eigenvalue weighted by Gasteiger charge is 2.28. The van der Waals surface area contributed by atoms with Gasteiger partial charge in [-0.1, -0.05) is 19.8 Å². The smallest absolute Gasteiger partial charge is 0.348 e. The summed E-state index contributed by atoms with van der Waals surface area (Å²) in [5, 5.41) is 9.67. The zero-order valence-corrected chi connectivity index (χ0v) is 10.4. The molecule has 6 heteroatoms. The molecule has 2 N–H and O–H groups in total. The van der Waals surface area contributed by atoms with E-state index >= 15 is 0 Å². The SMILES string of the molecule is CC1(CNc2cc3n[nH]c(=O)n3cn2)CCCC1. The number of aromatic nitrogens is 4. The lowest BCUT2D eigenvalue weighted by Crippen LogP contribution is -2.23. The van der Waals surface area contributed by atoms with E-state index in [1.54, 1.807) is 6.07 Å². The summed E-state index contributed by atoms with van der Waals surface area (Å²) in [5.74, 6) is 0.773. The minimum absolute atomic E-state index is 0.258. The highest BCUT2D eigenvalue weighted by Crippen LogP contribution is 2.37. The van der Waals surface area contributed by atoms with Crippen molar-refractivity contribution in [2.45, 2.75) is 32.6 Å². The Bertz CT molecular complexity index is 608. The van der Waals surface area contributed by atoms with Crippen molar-refractivity contribution in [3.05, 3.63) is 22.9 Å². The zero-order valence-electron chi connectivity index (χ0n) is 10.4. The molecular weight excluding hydrogens is 230 g/mol. The van der Waals surface area contributed by atoms with E-state index in [0.29, 0.717) is 11.1 Å². The van der Waals surface area contributed by atoms with Gasteiger partial charge in [0.2, 0.25) is 0 Å². The van der Waals surface area contributed by atoms with Gasteiger partial charge in [-0.3, -0.25) is 0 Å². The second-order valence-electron chi connectivity index (χ2n) is 5.40. The molecule has 1 aliphatic carbocycles. The Kier molecular flexibility index (Phi) is 2.57. The van der Waals surface area contributed by atoms with E-state index in [1.165, 1.54) is 36.4 Å². The molecule has 0 saturated heterocycles. The Hall–Kier alpha value is -1.85. The maximum absolute atomic E-state index is 11.3. The topological polar surface area (TPSA) is 75.1 Å². The molecule has 0 amide bonds. The minimum atomic E-state index is -0.258. The van der Waals surface area contributed by atoms with Gasteiger partial charge in [-0.05, 0) is 18.3 Å². The van der Waals surface area contributed by atoms with Crippen molar-refractivity contribution in [2.75, 3.05) is 11.9 Å². The van der Waals surface area contributed by atoms with E-state index in [9.17, 15) is 4.79 Å². The molecule has 3 rings (SSSR count). The molecular formula is C12H17N5O. The second-order valence-corrected chi connectivity index (χ2v) is 5.40. The molecule has 0 spiro atoms. The summed E-state index contributed by atoms with van der Waals surface area (Å²) in [4.78, 5) is 15.5. The molecule has 2 aromatic rings. The van der Waals surface area contributed by atoms with Crippen molar-refractivity contribution in [1.82, 2.24) is 19.6 Å². The number of hydrogen-bond acceptors (Lipinski definition) is 4. The average molecular weight is 247 g/mol. The van der Waals surface area contributed by atoms with Crippen LogP contribution in [0, 0.1) is 5.41 Å². The first-order valence-electron chi connectivity index (χ1n) is 6.33. The molecule has 1 saturated carbocycles. The van der Waals surface area contributed by atoms with Crippen LogP contribution in [0.2, 0.25) is 0 Å². The normalized spacial score (nSPS) is 18.3. The van der Waals surface area contributed by atoms with E-state index in [4.69, 9.17) is 0 Å². The number of hydrogen-bond donors (Lipinski definition) is 2. The largest absolute Gasteiger partial charge is 0.369 e. The molecule has 18 heavy (non-hydrogen) atoms. The Balaban J connectivity index is 1.76. The molecule has 1 aliphatic rings. The van der Waals surface area contributed by atoms with Crippen LogP contribution in [0.15, 0.2) is 17.2 Å². The quantitative estimate of drug-likeness (QED) is 0.860. The van der Waals surface area contributed by atoms with Crippen molar-refractivity contribution in [1.29, 1.82) is 0 Å². The van der Waals surface area contributed by atoms with Crippen molar-refractivity contribution in [3.63, 3.8) is 0 Å². The van der Waals surface area contributed by atoms with E-state index in [0.717, 1.165) is 12.4 Å². The van der Waals surface area contributed by atoms with Crippen LogP contribution >= 0.6 is 0 Å². The number of fused-ring (bicyclic) bond motifs is 1. The van der Waals surface area contributed by atoms with Gasteiger partial charge in [-0.2, -0.15) is 5.10 Å². The van der Waals surface area contributed by atoms with E-state index in [2.05, 4.69) is 27.4 Å². The number of rotatable bonds is 3. The highest BCUT2D eigenvalue weighted by molar-refractivity contribution is 5.48. The second kappa shape index (κ2) is 4.12. The van der Waals surface area contributed by atoms with Crippen LogP contribution in [-0.2, 0) is 0 Å². The van der Waals surface area contributed by atoms with Crippen molar-refractivity contribution < 1.29 is 0 Å². The molecule has 2 aromatic heterocycles. The lowest BCUT2D eigenvalue weighted by molar-refractivity contribution is 0.361. The fourth-order valence-electron chi connectivity index (χ4n) is 2.62. The van der Waals surface area contributed by atoms with Gasteiger partial charge in [0.15, 0.2) is 5.65 Å². The Morgan fingerprint density at radius 3 is 3.06 bits per heavy atom. The highest BCUT2D eigenvalue weighted by atomic mass is 16.1. The van der Waals surface area contributed by atoms with Gasteiger partial charge < -0.3 is 5.32 Å². The summed E-state index contributed by atoms with van der Waals surface area (Å²) < 4.78 is 1.39. The van der Waals surface area contributed by atoms with Crippen LogP contribution < -0.4 is 11.0 Å². The maximum Gasteiger partial charge on any atom is 0.348 e. The lowest BCUT2D eigenvalue weighted by Gasteiger charge is -2.23. The molecule has 2 heterocycles. The molecule has 0 atom stereocenters. The van der Waals surface area contributed by atoms with Crippen LogP contribution in [0.3, 0.4) is 0 Å². The third-order valence-electron chi connectivity index (χ3n) is 3.82. The number of aromatic amines is 1. The zero-order chi connectivity index (χ0) is 12.6. The predicted octanol–water partition coefficient (Wildman–Crippen LogP) is 1.41. The van der Waals surface area contributed by atoms with Crippen LogP contribution in [0.25, 0.3) is 5.65 Å². The monoisotopic (exact) mass is 247 g/mol. The predicted molar refractivity (Wildman–Crippen MR) is 68.7 cm³/mol. The third-order valence-corrected chi connectivity index (χ3v) is 3.82. The van der Waals surface area contributed by atoms with Crippen molar-refractivity contribution in [3.8, 4) is 0 Å². The van der Waals surface area contributed by atoms with Gasteiger partial charge in [0.1, 0.15) is 12.1 Å². The van der Waals surface area contributed by atoms with E-state index < -0.39 is 0 Å². The molecule has 0 radical (unpaired) electrons. The van der Waals surface area contributed by atoms with Crippen LogP contribution in [0.5, 0.6) is 0 Å². The number of anilines is 1. The fraction of sp³-hybridized carbons (Fsp3) is 0.583. The fourth-order valence-corrected chi connectivity index (χ4v) is 2.62. The first kappa shape index (κ1) is 11.3. The van der Waals surface area contributed by atoms with Gasteiger partial charge in [0, 0.05) is 12.6 Å². The van der Waals surface area contributed by atoms with Crippen LogP contribution in [-0.4, -0.2) is 26.1 Å². The van der Waals surface area contributed by atoms with Gasteiger partial charge in [0.25, 0.3) is 0 Å². The number of nitrogens with zero attached hydrogens (tertiary/aromatic N) is 3. The summed E-state index contributed by atoms with van der Waals surface area (Å²) in [5.41, 5.74) is 0.708. The Morgan fingerprint density at radius 1 is 1.50 bits per heavy atom. The molecule has 0 bridgehead atoms. The van der Waals surface area contributed by atoms with Crippen molar-refractivity contribution in [2.24, 2.45) is 5.41 Å². The Labute approximate surface area is 104 Å². The summed E-state index contributed by atoms with van der Waals surface area (Å²) in [6.45, 7) is 3.23. The first-order valence-corrected chi connectivity index (χ1v) is 6.33. The van der Waals surface area contributed by atoms with Gasteiger partial charge in [-0.25, -0.2) is 19.3 Å². The summed E-state index contributed by atoms with van der Waals surface area (Å²) in [6.07, 6.45) is 6.67. The molecule has 6 nitrogen and oxygen atoms in total. The molecule has 0 aromatic carbocycles. The lowest BCUT2D eigenvalue weighted by atomic mass is 9.89. The van der Waals surface area contributed by atoms with Gasteiger partial charge in [-0.15, -0.1) is 0 Å². The maximum atomic E-state index is 11.3. The summed E-state index contributed by atoms with van der Waals surface area (Å²) in [7, 11) is 0. The minimum Gasteiger partial charge on any atom is -0.369 e. The first-order chi connectivity index (χ1) is 8.66. The van der Waals surface area contributed by atoms with Crippen molar-refractivity contribution >= 4 is 11.5 Å². The molecule has 1 fully saturated rings. The van der Waals surface area contributed by atoms with Gasteiger partial charge in [0.05, 0.1) is 0 Å². The third kappa shape index (κ3) is 1.98.